The highest BCUT2D eigenvalue weighted by molar-refractivity contribution is 7.52. The molecule has 1 aromatic heterocycles. The number of amidine groups is 1. The Balaban J connectivity index is 2.86. The van der Waals surface area contributed by atoms with Crippen LogP contribution in [-0.4, -0.2) is 19.8 Å². The fourth-order valence-electron chi connectivity index (χ4n) is 1.28. The Labute approximate surface area is 89.4 Å². The molecule has 2 rings (SSSR count). The van der Waals surface area contributed by atoms with Gasteiger partial charge in [0.25, 0.3) is 5.69 Å². The molecule has 14 heavy (non-hydrogen) atoms. The average Bonchev–Trinajstić information content (AvgIpc) is 2.31. The summed E-state index contributed by atoms with van der Waals surface area (Å²) in [6, 6.07) is 0. The lowest BCUT2D eigenvalue weighted by atomic mass is 10.5. The van der Waals surface area contributed by atoms with Gasteiger partial charge in [-0.05, 0) is 0 Å². The second-order valence-electron chi connectivity index (χ2n) is 2.84. The summed E-state index contributed by atoms with van der Waals surface area (Å²) in [6.45, 7) is 1.70. The van der Waals surface area contributed by atoms with Crippen LogP contribution >= 0.6 is 0 Å². The minimum absolute atomic E-state index is 0.270. The number of aromatic nitrogens is 2. The van der Waals surface area contributed by atoms with Crippen LogP contribution in [0.25, 0.3) is 0 Å². The second-order valence-corrected chi connectivity index (χ2v) is 3.61. The Kier molecular flexibility index (Phi) is 1.98. The molecule has 0 fully saturated rings. The predicted molar refractivity (Wildman–Crippen MR) is 53.6 cm³/mol. The fraction of sp³-hybridized carbons (Fsp3) is 0.167. The number of nitrogens with zero attached hydrogens (tertiary/aromatic N) is 1. The summed E-state index contributed by atoms with van der Waals surface area (Å²) in [5, 5.41) is 0. The van der Waals surface area contributed by atoms with Gasteiger partial charge < -0.3 is 29.9 Å². The number of hydrogen-bond donors (Lipinski definition) is 3. The summed E-state index contributed by atoms with van der Waals surface area (Å²) in [6.07, 6.45) is 0. The van der Waals surface area contributed by atoms with Crippen LogP contribution in [0.1, 0.15) is 6.92 Å². The van der Waals surface area contributed by atoms with Crippen LogP contribution in [0.2, 0.25) is 0 Å². The van der Waals surface area contributed by atoms with Crippen LogP contribution in [-0.2, 0) is 25.6 Å². The zero-order valence-electron chi connectivity index (χ0n) is 7.08. The highest BCUT2D eigenvalue weighted by Crippen LogP contribution is 2.13. The topological polar surface area (TPSA) is 73.2 Å². The predicted octanol–water partition coefficient (Wildman–Crippen LogP) is -2.42. The lowest BCUT2D eigenvalue weighted by molar-refractivity contribution is -0.571. The molecular formula is C6H6N4O2S2. The van der Waals surface area contributed by atoms with Crippen LogP contribution in [0, 0.1) is 0 Å². The van der Waals surface area contributed by atoms with E-state index in [9.17, 15) is 9.59 Å². The van der Waals surface area contributed by atoms with Crippen LogP contribution in [0.15, 0.2) is 9.59 Å². The van der Waals surface area contributed by atoms with Crippen LogP contribution in [0.4, 0.5) is 11.5 Å². The molecule has 0 aromatic carbocycles. The lowest BCUT2D eigenvalue weighted by Gasteiger charge is -2.12. The van der Waals surface area contributed by atoms with E-state index in [2.05, 4.69) is 9.97 Å². The molecule has 0 radical (unpaired) electrons. The molecule has 74 valence electrons. The zero-order valence-corrected chi connectivity index (χ0v) is 8.71. The number of aromatic amines is 2. The first-order chi connectivity index (χ1) is 6.52. The van der Waals surface area contributed by atoms with Crippen molar-refractivity contribution >= 4 is 43.0 Å². The molecule has 1 aliphatic rings. The summed E-state index contributed by atoms with van der Waals surface area (Å²) < 4.78 is 1.67. The van der Waals surface area contributed by atoms with Crippen molar-refractivity contribution in [3.8, 4) is 0 Å². The third kappa shape index (κ3) is 1.11. The third-order valence-electron chi connectivity index (χ3n) is 1.99. The standard InChI is InChI=1S/C6H6N4O2S2/c1-2-9(13)3-4(10(2)14)7-6(12)8-5(3)11/h9H,1H3,(H2,7,8,11,12). The van der Waals surface area contributed by atoms with Gasteiger partial charge in [0.05, 0.1) is 0 Å². The van der Waals surface area contributed by atoms with Gasteiger partial charge in [-0.1, -0.05) is 0 Å². The molecule has 0 bridgehead atoms. The lowest BCUT2D eigenvalue weighted by Crippen LogP contribution is -3.05. The first-order valence-electron chi connectivity index (χ1n) is 3.74. The largest absolute Gasteiger partial charge is 0.549 e. The van der Waals surface area contributed by atoms with Crippen molar-refractivity contribution < 1.29 is 8.29 Å². The van der Waals surface area contributed by atoms with Crippen molar-refractivity contribution in [2.24, 2.45) is 0 Å². The van der Waals surface area contributed by atoms with E-state index < -0.39 is 11.2 Å². The molecule has 1 atom stereocenters. The summed E-state index contributed by atoms with van der Waals surface area (Å²) in [4.78, 5) is 26.9. The van der Waals surface area contributed by atoms with E-state index in [0.29, 0.717) is 10.1 Å². The molecule has 0 aliphatic carbocycles. The molecule has 1 aliphatic heterocycles. The van der Waals surface area contributed by atoms with Gasteiger partial charge in [0.15, 0.2) is 0 Å². The molecule has 1 unspecified atom stereocenters. The van der Waals surface area contributed by atoms with Gasteiger partial charge >= 0.3 is 17.1 Å². The highest BCUT2D eigenvalue weighted by atomic mass is 32.1. The van der Waals surface area contributed by atoms with Crippen molar-refractivity contribution in [2.75, 3.05) is 0 Å². The molecule has 0 saturated heterocycles. The number of fused-ring (bicyclic) bond motifs is 1. The number of rotatable bonds is 0. The van der Waals surface area contributed by atoms with E-state index in [0.717, 1.165) is 0 Å². The van der Waals surface area contributed by atoms with Gasteiger partial charge in [-0.25, -0.2) is 9.78 Å². The molecule has 8 heteroatoms. The molecular weight excluding hydrogens is 224 g/mol. The molecule has 0 spiro atoms. The maximum absolute atomic E-state index is 11.4. The molecule has 0 amide bonds. The molecule has 3 N–H and O–H groups in total. The van der Waals surface area contributed by atoms with Gasteiger partial charge in [-0.3, -0.25) is 8.78 Å². The van der Waals surface area contributed by atoms with Crippen LogP contribution in [0.5, 0.6) is 0 Å². The third-order valence-corrected chi connectivity index (χ3v) is 2.94. The maximum atomic E-state index is 11.4. The maximum Gasteiger partial charge on any atom is 0.413 e. The number of nitrogens with one attached hydrogen (secondary N) is 3. The number of quaternary nitrogens is 1. The van der Waals surface area contributed by atoms with E-state index in [-0.39, 0.29) is 11.5 Å². The SMILES string of the molecule is CC1=[N+]([S-])c2[nH]c(=O)[nH]c(=O)c2[NH+]1[S-]. The smallest absolute Gasteiger partial charge is 0.413 e. The minimum atomic E-state index is -0.582. The summed E-state index contributed by atoms with van der Waals surface area (Å²) in [7, 11) is 0. The van der Waals surface area contributed by atoms with E-state index in [1.807, 2.05) is 0 Å². The number of H-pyrrole nitrogens is 2. The monoisotopic (exact) mass is 230 g/mol. The van der Waals surface area contributed by atoms with Crippen molar-refractivity contribution in [3.63, 3.8) is 0 Å². The van der Waals surface area contributed by atoms with Crippen LogP contribution < -0.4 is 15.6 Å². The summed E-state index contributed by atoms with van der Waals surface area (Å²) in [5.41, 5.74) is -0.811. The highest BCUT2D eigenvalue weighted by Gasteiger charge is 2.30. The first-order valence-corrected chi connectivity index (χ1v) is 4.52. The average molecular weight is 230 g/mol. The Morgan fingerprint density at radius 1 is 1.36 bits per heavy atom. The van der Waals surface area contributed by atoms with Crippen molar-refractivity contribution in [3.05, 3.63) is 20.8 Å². The van der Waals surface area contributed by atoms with Crippen molar-refractivity contribution in [2.45, 2.75) is 6.92 Å². The number of hydrogen-bond acceptors (Lipinski definition) is 4. The van der Waals surface area contributed by atoms with Gasteiger partial charge in [0, 0.05) is 6.92 Å². The minimum Gasteiger partial charge on any atom is -0.549 e. The van der Waals surface area contributed by atoms with Crippen molar-refractivity contribution in [1.82, 2.24) is 9.97 Å². The fourth-order valence-corrected chi connectivity index (χ4v) is 1.84. The van der Waals surface area contributed by atoms with Gasteiger partial charge in [0.1, 0.15) is 0 Å². The summed E-state index contributed by atoms with van der Waals surface area (Å²) in [5.74, 6) is 0.897. The van der Waals surface area contributed by atoms with Gasteiger partial charge in [-0.15, -0.1) is 0 Å². The zero-order chi connectivity index (χ0) is 10.5. The molecule has 2 heterocycles. The Bertz CT molecular complexity index is 543. The normalized spacial score (nSPS) is 20.0. The van der Waals surface area contributed by atoms with E-state index >= 15 is 0 Å². The Morgan fingerprint density at radius 2 is 2.00 bits per heavy atom. The quantitative estimate of drug-likeness (QED) is 0.342. The molecule has 0 saturated carbocycles. The molecule has 6 nitrogen and oxygen atoms in total. The van der Waals surface area contributed by atoms with Gasteiger partial charge in [-0.2, -0.15) is 4.98 Å². The first kappa shape index (κ1) is 9.44. The van der Waals surface area contributed by atoms with Crippen LogP contribution in [0.3, 0.4) is 0 Å². The van der Waals surface area contributed by atoms with E-state index in [1.54, 1.807) is 6.92 Å². The Hall–Kier alpha value is -1.12. The Morgan fingerprint density at radius 3 is 2.64 bits per heavy atom. The molecule has 1 aromatic rings. The van der Waals surface area contributed by atoms with E-state index in [1.165, 1.54) is 3.98 Å². The van der Waals surface area contributed by atoms with E-state index in [4.69, 9.17) is 25.6 Å². The second kappa shape index (κ2) is 2.94. The van der Waals surface area contributed by atoms with Crippen molar-refractivity contribution in [1.29, 1.82) is 0 Å². The summed E-state index contributed by atoms with van der Waals surface area (Å²) >= 11 is 9.98. The van der Waals surface area contributed by atoms with Gasteiger partial charge in [0.2, 0.25) is 5.84 Å².